The molecule has 0 radical (unpaired) electrons. The fourth-order valence-electron chi connectivity index (χ4n) is 3.09. The van der Waals surface area contributed by atoms with Crippen LogP contribution >= 0.6 is 0 Å². The summed E-state index contributed by atoms with van der Waals surface area (Å²) in [6, 6.07) is 8.71. The number of rotatable bonds is 6. The van der Waals surface area contributed by atoms with E-state index in [9.17, 15) is 13.5 Å². The molecule has 0 unspecified atom stereocenters. The molecule has 0 amide bonds. The molecular weight excluding hydrogens is 356 g/mol. The molecule has 1 atom stereocenters. The van der Waals surface area contributed by atoms with Gasteiger partial charge in [0, 0.05) is 26.2 Å². The van der Waals surface area contributed by atoms with Gasteiger partial charge in [0.25, 0.3) is 0 Å². The van der Waals surface area contributed by atoms with Gasteiger partial charge in [0.2, 0.25) is 10.0 Å². The molecule has 142 valence electrons. The molecule has 0 saturated carbocycles. The zero-order valence-corrected chi connectivity index (χ0v) is 15.5. The first-order valence-corrected chi connectivity index (χ1v) is 10.0. The van der Waals surface area contributed by atoms with E-state index in [1.165, 1.54) is 7.05 Å². The van der Waals surface area contributed by atoms with Crippen molar-refractivity contribution in [3.05, 3.63) is 47.3 Å². The van der Waals surface area contributed by atoms with Crippen LogP contribution in [-0.4, -0.2) is 53.5 Å². The van der Waals surface area contributed by atoms with Gasteiger partial charge in [-0.2, -0.15) is 5.10 Å². The summed E-state index contributed by atoms with van der Waals surface area (Å²) in [5, 5.41) is 23.2. The highest BCUT2D eigenvalue weighted by molar-refractivity contribution is 7.89. The largest absolute Gasteiger partial charge is 0.393 e. The predicted molar refractivity (Wildman–Crippen MR) is 95.7 cm³/mol. The second-order valence-corrected chi connectivity index (χ2v) is 8.28. The van der Waals surface area contributed by atoms with Crippen LogP contribution in [0.15, 0.2) is 35.2 Å². The SMILES string of the molecule is CNS(=O)(=O)c1ccc(CN2CCCn3nc([C@H](O)CO)cc3C2)cc1. The first-order chi connectivity index (χ1) is 12.4. The molecule has 1 aromatic heterocycles. The third-order valence-electron chi connectivity index (χ3n) is 4.53. The van der Waals surface area contributed by atoms with Gasteiger partial charge in [0.1, 0.15) is 6.10 Å². The van der Waals surface area contributed by atoms with E-state index in [0.717, 1.165) is 30.8 Å². The molecule has 0 spiro atoms. The molecular formula is C17H24N4O4S. The second kappa shape index (κ2) is 7.85. The van der Waals surface area contributed by atoms with Crippen LogP contribution in [0.4, 0.5) is 0 Å². The lowest BCUT2D eigenvalue weighted by Gasteiger charge is -2.19. The van der Waals surface area contributed by atoms with Gasteiger partial charge in [-0.05, 0) is 37.2 Å². The summed E-state index contributed by atoms with van der Waals surface area (Å²) in [6.45, 7) is 2.70. The van der Waals surface area contributed by atoms with Crippen LogP contribution in [0.2, 0.25) is 0 Å². The Morgan fingerprint density at radius 2 is 2.00 bits per heavy atom. The van der Waals surface area contributed by atoms with Crippen molar-refractivity contribution in [2.24, 2.45) is 0 Å². The molecule has 3 N–H and O–H groups in total. The van der Waals surface area contributed by atoms with Crippen molar-refractivity contribution < 1.29 is 18.6 Å². The Kier molecular flexibility index (Phi) is 5.73. The van der Waals surface area contributed by atoms with Crippen LogP contribution in [0.1, 0.15) is 29.5 Å². The molecule has 26 heavy (non-hydrogen) atoms. The van der Waals surface area contributed by atoms with Crippen LogP contribution in [0, 0.1) is 0 Å². The molecule has 2 aromatic rings. The number of benzene rings is 1. The molecule has 0 aliphatic carbocycles. The second-order valence-electron chi connectivity index (χ2n) is 6.40. The Bertz CT molecular complexity index is 848. The monoisotopic (exact) mass is 380 g/mol. The minimum atomic E-state index is -3.42. The Morgan fingerprint density at radius 1 is 1.27 bits per heavy atom. The number of hydrogen-bond acceptors (Lipinski definition) is 6. The van der Waals surface area contributed by atoms with Crippen molar-refractivity contribution in [3.63, 3.8) is 0 Å². The van der Waals surface area contributed by atoms with Crippen LogP contribution < -0.4 is 4.72 Å². The predicted octanol–water partition coefficient (Wildman–Crippen LogP) is 0.223. The molecule has 0 fully saturated rings. The van der Waals surface area contributed by atoms with Crippen molar-refractivity contribution in [1.29, 1.82) is 0 Å². The van der Waals surface area contributed by atoms with Crippen molar-refractivity contribution in [3.8, 4) is 0 Å². The zero-order chi connectivity index (χ0) is 18.7. The van der Waals surface area contributed by atoms with Gasteiger partial charge >= 0.3 is 0 Å². The number of nitrogens with one attached hydrogen (secondary N) is 1. The van der Waals surface area contributed by atoms with E-state index in [0.29, 0.717) is 18.8 Å². The first-order valence-electron chi connectivity index (χ1n) is 8.53. The number of aliphatic hydroxyl groups is 2. The van der Waals surface area contributed by atoms with Gasteiger partial charge in [-0.15, -0.1) is 0 Å². The van der Waals surface area contributed by atoms with Crippen molar-refractivity contribution in [2.75, 3.05) is 20.2 Å². The maximum atomic E-state index is 11.8. The standard InChI is InChI=1S/C17H24N4O4S/c1-18-26(24,25)15-5-3-13(4-6-15)10-20-7-2-8-21-14(11-20)9-16(19-21)17(23)12-22/h3-6,9,17-18,22-23H,2,7-8,10-12H2,1H3/t17-/m1/s1. The lowest BCUT2D eigenvalue weighted by Crippen LogP contribution is -2.23. The summed E-state index contributed by atoms with van der Waals surface area (Å²) < 4.78 is 27.8. The molecule has 0 saturated heterocycles. The lowest BCUT2D eigenvalue weighted by molar-refractivity contribution is 0.0916. The number of hydrogen-bond donors (Lipinski definition) is 3. The van der Waals surface area contributed by atoms with Gasteiger partial charge < -0.3 is 10.2 Å². The summed E-state index contributed by atoms with van der Waals surface area (Å²) in [7, 11) is -2.03. The maximum Gasteiger partial charge on any atom is 0.240 e. The van der Waals surface area contributed by atoms with Crippen molar-refractivity contribution in [1.82, 2.24) is 19.4 Å². The number of nitrogens with zero attached hydrogens (tertiary/aromatic N) is 3. The number of fused-ring (bicyclic) bond motifs is 1. The summed E-state index contributed by atoms with van der Waals surface area (Å²) in [6.07, 6.45) is -0.0280. The average molecular weight is 380 g/mol. The van der Waals surface area contributed by atoms with E-state index in [1.807, 2.05) is 22.9 Å². The van der Waals surface area contributed by atoms with E-state index in [-0.39, 0.29) is 11.5 Å². The molecule has 2 heterocycles. The summed E-state index contributed by atoms with van der Waals surface area (Å²) in [5.74, 6) is 0. The Balaban J connectivity index is 1.71. The highest BCUT2D eigenvalue weighted by Gasteiger charge is 2.20. The van der Waals surface area contributed by atoms with Gasteiger partial charge in [-0.25, -0.2) is 13.1 Å². The van der Waals surface area contributed by atoms with Crippen molar-refractivity contribution >= 4 is 10.0 Å². The topological polar surface area (TPSA) is 108 Å². The van der Waals surface area contributed by atoms with Crippen LogP contribution in [0.5, 0.6) is 0 Å². The van der Waals surface area contributed by atoms with Crippen LogP contribution in [-0.2, 0) is 29.7 Å². The fraction of sp³-hybridized carbons (Fsp3) is 0.471. The molecule has 1 aromatic carbocycles. The Hall–Kier alpha value is -1.78. The third-order valence-corrected chi connectivity index (χ3v) is 5.97. The zero-order valence-electron chi connectivity index (χ0n) is 14.7. The summed E-state index contributed by atoms with van der Waals surface area (Å²) in [4.78, 5) is 2.51. The summed E-state index contributed by atoms with van der Waals surface area (Å²) >= 11 is 0. The number of aromatic nitrogens is 2. The molecule has 1 aliphatic heterocycles. The number of sulfonamides is 1. The van der Waals surface area contributed by atoms with E-state index >= 15 is 0 Å². The normalized spacial score (nSPS) is 16.9. The minimum absolute atomic E-state index is 0.250. The quantitative estimate of drug-likeness (QED) is 0.662. The smallest absolute Gasteiger partial charge is 0.240 e. The molecule has 3 rings (SSSR count). The van der Waals surface area contributed by atoms with E-state index in [4.69, 9.17) is 5.11 Å². The van der Waals surface area contributed by atoms with E-state index < -0.39 is 16.1 Å². The highest BCUT2D eigenvalue weighted by Crippen LogP contribution is 2.20. The molecule has 1 aliphatic rings. The van der Waals surface area contributed by atoms with Crippen LogP contribution in [0.3, 0.4) is 0 Å². The third kappa shape index (κ3) is 4.13. The Morgan fingerprint density at radius 3 is 2.65 bits per heavy atom. The highest BCUT2D eigenvalue weighted by atomic mass is 32.2. The average Bonchev–Trinajstić information content (AvgIpc) is 2.95. The Labute approximate surface area is 153 Å². The van der Waals surface area contributed by atoms with E-state index in [2.05, 4.69) is 14.7 Å². The first kappa shape index (κ1) is 19.0. The van der Waals surface area contributed by atoms with Gasteiger partial charge in [-0.1, -0.05) is 12.1 Å². The van der Waals surface area contributed by atoms with Gasteiger partial charge in [0.05, 0.1) is 22.9 Å². The minimum Gasteiger partial charge on any atom is -0.393 e. The molecule has 9 heteroatoms. The molecule has 0 bridgehead atoms. The maximum absolute atomic E-state index is 11.8. The van der Waals surface area contributed by atoms with Gasteiger partial charge in [0.15, 0.2) is 0 Å². The molecule has 8 nitrogen and oxygen atoms in total. The lowest BCUT2D eigenvalue weighted by atomic mass is 10.2. The van der Waals surface area contributed by atoms with Crippen molar-refractivity contribution in [2.45, 2.75) is 37.1 Å². The number of aryl methyl sites for hydroxylation is 1. The fourth-order valence-corrected chi connectivity index (χ4v) is 3.82. The van der Waals surface area contributed by atoms with Gasteiger partial charge in [-0.3, -0.25) is 9.58 Å². The van der Waals surface area contributed by atoms with Crippen LogP contribution in [0.25, 0.3) is 0 Å². The summed E-state index contributed by atoms with van der Waals surface area (Å²) in [5.41, 5.74) is 2.52. The van der Waals surface area contributed by atoms with E-state index in [1.54, 1.807) is 12.1 Å². The number of aliphatic hydroxyl groups excluding tert-OH is 2.